The van der Waals surface area contributed by atoms with Gasteiger partial charge in [0.2, 0.25) is 11.8 Å². The minimum Gasteiger partial charge on any atom is -0.468 e. The minimum absolute atomic E-state index is 0.101. The highest BCUT2D eigenvalue weighted by molar-refractivity contribution is 6.02. The molecule has 2 saturated heterocycles. The van der Waals surface area contributed by atoms with Gasteiger partial charge in [-0.25, -0.2) is 0 Å². The van der Waals surface area contributed by atoms with Gasteiger partial charge < -0.3 is 19.3 Å². The van der Waals surface area contributed by atoms with Crippen molar-refractivity contribution in [1.29, 1.82) is 0 Å². The fraction of sp³-hybridized carbons (Fsp3) is 0.500. The van der Waals surface area contributed by atoms with Crippen LogP contribution in [0, 0.1) is 5.92 Å². The third kappa shape index (κ3) is 2.60. The Morgan fingerprint density at radius 1 is 1.35 bits per heavy atom. The average Bonchev–Trinajstić information content (AvgIpc) is 2.65. The molecule has 1 aromatic rings. The van der Waals surface area contributed by atoms with Crippen LogP contribution in [-0.4, -0.2) is 60.2 Å². The summed E-state index contributed by atoms with van der Waals surface area (Å²) in [6.07, 6.45) is 2.29. The van der Waals surface area contributed by atoms with E-state index in [1.807, 2.05) is 31.2 Å². The largest absolute Gasteiger partial charge is 0.468 e. The van der Waals surface area contributed by atoms with E-state index in [0.29, 0.717) is 39.3 Å². The van der Waals surface area contributed by atoms with Gasteiger partial charge >= 0.3 is 0 Å². The summed E-state index contributed by atoms with van der Waals surface area (Å²) in [6, 6.07) is 7.73. The molecule has 138 valence electrons. The van der Waals surface area contributed by atoms with E-state index < -0.39 is 11.6 Å². The molecule has 3 atom stereocenters. The summed E-state index contributed by atoms with van der Waals surface area (Å²) in [5, 5.41) is 0. The number of ether oxygens (including phenoxy) is 2. The second-order valence-electron chi connectivity index (χ2n) is 7.28. The van der Waals surface area contributed by atoms with Crippen LogP contribution >= 0.6 is 0 Å². The van der Waals surface area contributed by atoms with Gasteiger partial charge in [-0.15, -0.1) is 6.58 Å². The maximum Gasteiger partial charge on any atom is 0.239 e. The lowest BCUT2D eigenvalue weighted by molar-refractivity contribution is -0.177. The van der Waals surface area contributed by atoms with Gasteiger partial charge in [0.05, 0.1) is 13.2 Å². The highest BCUT2D eigenvalue weighted by Crippen LogP contribution is 2.50. The predicted octanol–water partition coefficient (Wildman–Crippen LogP) is 1.77. The number of fused-ring (bicyclic) bond motifs is 4. The molecule has 3 heterocycles. The smallest absolute Gasteiger partial charge is 0.239 e. The van der Waals surface area contributed by atoms with E-state index >= 15 is 0 Å². The van der Waals surface area contributed by atoms with Crippen molar-refractivity contribution >= 4 is 11.8 Å². The van der Waals surface area contributed by atoms with Gasteiger partial charge in [-0.05, 0) is 18.6 Å². The molecular formula is C20H24N2O4. The predicted molar refractivity (Wildman–Crippen MR) is 95.6 cm³/mol. The Kier molecular flexibility index (Phi) is 4.23. The number of hydrogen-bond donors (Lipinski definition) is 0. The topological polar surface area (TPSA) is 59.1 Å². The Morgan fingerprint density at radius 3 is 2.81 bits per heavy atom. The molecular weight excluding hydrogens is 332 g/mol. The van der Waals surface area contributed by atoms with Gasteiger partial charge in [-0.1, -0.05) is 24.3 Å². The van der Waals surface area contributed by atoms with Crippen LogP contribution in [0.5, 0.6) is 5.75 Å². The zero-order valence-corrected chi connectivity index (χ0v) is 15.0. The van der Waals surface area contributed by atoms with E-state index in [9.17, 15) is 9.59 Å². The molecule has 0 unspecified atom stereocenters. The lowest BCUT2D eigenvalue weighted by Crippen LogP contribution is -2.65. The molecule has 0 N–H and O–H groups in total. The van der Waals surface area contributed by atoms with E-state index in [-0.39, 0.29) is 17.7 Å². The minimum atomic E-state index is -0.758. The lowest BCUT2D eigenvalue weighted by Gasteiger charge is -2.53. The molecule has 26 heavy (non-hydrogen) atoms. The van der Waals surface area contributed by atoms with Crippen molar-refractivity contribution in [2.45, 2.75) is 25.0 Å². The van der Waals surface area contributed by atoms with Crippen molar-refractivity contribution < 1.29 is 19.1 Å². The SMILES string of the molecule is C=CCN1C(=O)[C@@H](C(=O)N2CCOCC2)[C@@H]2C[C@@]1(C)Oc1ccccc12. The summed E-state index contributed by atoms with van der Waals surface area (Å²) < 4.78 is 11.6. The molecule has 0 spiro atoms. The molecule has 2 fully saturated rings. The quantitative estimate of drug-likeness (QED) is 0.612. The number of hydrogen-bond acceptors (Lipinski definition) is 4. The highest BCUT2D eigenvalue weighted by Gasteiger charge is 2.56. The first-order valence-corrected chi connectivity index (χ1v) is 9.12. The van der Waals surface area contributed by atoms with Crippen molar-refractivity contribution in [1.82, 2.24) is 9.80 Å². The Balaban J connectivity index is 1.76. The Labute approximate surface area is 153 Å². The molecule has 2 bridgehead atoms. The molecule has 0 aromatic heterocycles. The number of likely N-dealkylation sites (tertiary alicyclic amines) is 1. The third-order valence-corrected chi connectivity index (χ3v) is 5.65. The lowest BCUT2D eigenvalue weighted by atomic mass is 9.73. The number of nitrogens with zero attached hydrogens (tertiary/aromatic N) is 2. The zero-order chi connectivity index (χ0) is 18.3. The monoisotopic (exact) mass is 356 g/mol. The number of piperidine rings is 1. The van der Waals surface area contributed by atoms with Crippen LogP contribution in [0.25, 0.3) is 0 Å². The van der Waals surface area contributed by atoms with Crippen LogP contribution in [0.2, 0.25) is 0 Å². The van der Waals surface area contributed by atoms with E-state index in [2.05, 4.69) is 6.58 Å². The number of carbonyl (C=O) groups is 2. The van der Waals surface area contributed by atoms with Gasteiger partial charge in [0.1, 0.15) is 11.7 Å². The van der Waals surface area contributed by atoms with E-state index in [4.69, 9.17) is 9.47 Å². The van der Waals surface area contributed by atoms with Gasteiger partial charge in [0.15, 0.2) is 5.72 Å². The van der Waals surface area contributed by atoms with Gasteiger partial charge in [-0.3, -0.25) is 9.59 Å². The Bertz CT molecular complexity index is 743. The Hall–Kier alpha value is -2.34. The summed E-state index contributed by atoms with van der Waals surface area (Å²) >= 11 is 0. The van der Waals surface area contributed by atoms with Crippen LogP contribution < -0.4 is 4.74 Å². The zero-order valence-electron chi connectivity index (χ0n) is 15.0. The molecule has 3 aliphatic heterocycles. The number of para-hydroxylation sites is 1. The molecule has 2 amide bonds. The van der Waals surface area contributed by atoms with Crippen LogP contribution in [0.1, 0.15) is 24.8 Å². The van der Waals surface area contributed by atoms with Crippen molar-refractivity contribution in [2.24, 2.45) is 5.92 Å². The number of rotatable bonds is 3. The van der Waals surface area contributed by atoms with E-state index in [0.717, 1.165) is 11.3 Å². The molecule has 6 heteroatoms. The molecule has 0 aliphatic carbocycles. The van der Waals surface area contributed by atoms with Crippen LogP contribution in [0.4, 0.5) is 0 Å². The summed E-state index contributed by atoms with van der Waals surface area (Å²) in [7, 11) is 0. The van der Waals surface area contributed by atoms with E-state index in [1.165, 1.54) is 0 Å². The van der Waals surface area contributed by atoms with Crippen LogP contribution in [0.15, 0.2) is 36.9 Å². The first-order chi connectivity index (χ1) is 12.5. The molecule has 6 nitrogen and oxygen atoms in total. The first kappa shape index (κ1) is 17.1. The summed E-state index contributed by atoms with van der Waals surface area (Å²) in [5.41, 5.74) is 0.190. The molecule has 0 radical (unpaired) electrons. The maximum absolute atomic E-state index is 13.3. The van der Waals surface area contributed by atoms with Gasteiger partial charge in [0.25, 0.3) is 0 Å². The van der Waals surface area contributed by atoms with Crippen LogP contribution in [-0.2, 0) is 14.3 Å². The number of carbonyl (C=O) groups excluding carboxylic acids is 2. The van der Waals surface area contributed by atoms with Crippen molar-refractivity contribution in [3.05, 3.63) is 42.5 Å². The normalized spacial score (nSPS) is 30.4. The summed E-state index contributed by atoms with van der Waals surface area (Å²) in [4.78, 5) is 30.1. The molecule has 4 rings (SSSR count). The highest BCUT2D eigenvalue weighted by atomic mass is 16.5. The summed E-state index contributed by atoms with van der Waals surface area (Å²) in [5.74, 6) is -0.404. The molecule has 1 aromatic carbocycles. The van der Waals surface area contributed by atoms with Gasteiger partial charge in [0, 0.05) is 32.0 Å². The van der Waals surface area contributed by atoms with E-state index in [1.54, 1.807) is 15.9 Å². The molecule has 3 aliphatic rings. The fourth-order valence-electron chi connectivity index (χ4n) is 4.38. The van der Waals surface area contributed by atoms with Gasteiger partial charge in [-0.2, -0.15) is 0 Å². The first-order valence-electron chi connectivity index (χ1n) is 9.12. The second-order valence-corrected chi connectivity index (χ2v) is 7.28. The number of amides is 2. The standard InChI is InChI=1S/C20H24N2O4/c1-3-8-22-19(24)17(18(23)21-9-11-25-12-10-21)15-13-20(22,2)26-16-7-5-4-6-14(15)16/h3-7,15,17H,1,8-13H2,2H3/t15-,17-,20-/m1/s1. The third-order valence-electron chi connectivity index (χ3n) is 5.65. The fourth-order valence-corrected chi connectivity index (χ4v) is 4.38. The van der Waals surface area contributed by atoms with Crippen molar-refractivity contribution in [2.75, 3.05) is 32.8 Å². The maximum atomic E-state index is 13.3. The summed E-state index contributed by atoms with van der Waals surface area (Å²) in [6.45, 7) is 8.16. The van der Waals surface area contributed by atoms with Crippen LogP contribution in [0.3, 0.4) is 0 Å². The second kappa shape index (κ2) is 6.43. The number of benzene rings is 1. The van der Waals surface area contributed by atoms with Crippen molar-refractivity contribution in [3.63, 3.8) is 0 Å². The van der Waals surface area contributed by atoms with Crippen molar-refractivity contribution in [3.8, 4) is 5.75 Å². The Morgan fingerprint density at radius 2 is 2.08 bits per heavy atom. The number of morpholine rings is 1. The molecule has 0 saturated carbocycles. The average molecular weight is 356 g/mol.